The molecule has 0 bridgehead atoms. The van der Waals surface area contributed by atoms with Crippen molar-refractivity contribution in [3.8, 4) is 17.2 Å². The van der Waals surface area contributed by atoms with Crippen molar-refractivity contribution >= 4 is 21.9 Å². The average molecular weight is 386 g/mol. The fourth-order valence-corrected chi connectivity index (χ4v) is 4.25. The van der Waals surface area contributed by atoms with Gasteiger partial charge in [0.1, 0.15) is 28.4 Å². The molecule has 3 heteroatoms. The molecule has 0 amide bonds. The second kappa shape index (κ2) is 7.47. The van der Waals surface area contributed by atoms with Crippen molar-refractivity contribution < 1.29 is 13.9 Å². The molecule has 0 N–H and O–H groups in total. The molecule has 3 nitrogen and oxygen atoms in total. The molecule has 29 heavy (non-hydrogen) atoms. The van der Waals surface area contributed by atoms with E-state index in [1.165, 1.54) is 19.3 Å². The summed E-state index contributed by atoms with van der Waals surface area (Å²) in [5.41, 5.74) is 3.95. The van der Waals surface area contributed by atoms with E-state index < -0.39 is 0 Å². The van der Waals surface area contributed by atoms with Gasteiger partial charge in [-0.25, -0.2) is 0 Å². The molecule has 1 fully saturated rings. The Labute approximate surface area is 171 Å². The molecule has 1 aliphatic rings. The molecule has 1 saturated carbocycles. The van der Waals surface area contributed by atoms with E-state index in [1.54, 1.807) is 0 Å². The zero-order valence-electron chi connectivity index (χ0n) is 17.0. The van der Waals surface area contributed by atoms with Crippen LogP contribution in [0.1, 0.15) is 43.2 Å². The van der Waals surface area contributed by atoms with E-state index in [1.807, 2.05) is 37.3 Å². The number of hydrogen-bond acceptors (Lipinski definition) is 3. The summed E-state index contributed by atoms with van der Waals surface area (Å²) in [5, 5.41) is 2.14. The number of hydrogen-bond donors (Lipinski definition) is 0. The summed E-state index contributed by atoms with van der Waals surface area (Å²) in [6.45, 7) is 4.15. The summed E-state index contributed by atoms with van der Waals surface area (Å²) in [5.74, 6) is 2.65. The van der Waals surface area contributed by atoms with E-state index in [4.69, 9.17) is 13.9 Å². The molecule has 1 heterocycles. The Kier molecular flexibility index (Phi) is 4.67. The van der Waals surface area contributed by atoms with Gasteiger partial charge in [0.2, 0.25) is 0 Å². The van der Waals surface area contributed by atoms with Crippen LogP contribution in [-0.4, -0.2) is 6.10 Å². The van der Waals surface area contributed by atoms with Crippen LogP contribution in [0.3, 0.4) is 0 Å². The van der Waals surface area contributed by atoms with E-state index in [0.29, 0.717) is 6.10 Å². The standard InChI is InChI=1S/C26H26O3/c1-17-13-25-21(15-23(17)27-19-9-5-3-6-10-19)22-16-24(18(2)14-26(22)29-25)28-20-11-7-4-8-12-20/h3,5-6,9-10,13-16,20H,4,7-8,11-12H2,1-2H3. The zero-order valence-corrected chi connectivity index (χ0v) is 17.0. The highest BCUT2D eigenvalue weighted by molar-refractivity contribution is 6.06. The molecular formula is C26H26O3. The third kappa shape index (κ3) is 3.57. The zero-order chi connectivity index (χ0) is 19.8. The van der Waals surface area contributed by atoms with Crippen LogP contribution in [0.25, 0.3) is 21.9 Å². The number of rotatable bonds is 4. The summed E-state index contributed by atoms with van der Waals surface area (Å²) in [6.07, 6.45) is 6.49. The van der Waals surface area contributed by atoms with Gasteiger partial charge in [-0.2, -0.15) is 0 Å². The third-order valence-corrected chi connectivity index (χ3v) is 5.88. The highest BCUT2D eigenvalue weighted by atomic mass is 16.5. The van der Waals surface area contributed by atoms with Gasteiger partial charge in [-0.05, 0) is 87.1 Å². The van der Waals surface area contributed by atoms with Gasteiger partial charge in [-0.3, -0.25) is 0 Å². The molecule has 0 spiro atoms. The molecule has 148 valence electrons. The van der Waals surface area contributed by atoms with Crippen molar-refractivity contribution in [1.29, 1.82) is 0 Å². The minimum atomic E-state index is 0.331. The van der Waals surface area contributed by atoms with Crippen LogP contribution < -0.4 is 9.47 Å². The first-order valence-corrected chi connectivity index (χ1v) is 10.5. The summed E-state index contributed by atoms with van der Waals surface area (Å²) in [6, 6.07) is 18.3. The minimum Gasteiger partial charge on any atom is -0.490 e. The number of aryl methyl sites for hydroxylation is 2. The van der Waals surface area contributed by atoms with Crippen molar-refractivity contribution in [2.45, 2.75) is 52.1 Å². The molecule has 3 aromatic carbocycles. The Morgan fingerprint density at radius 1 is 0.759 bits per heavy atom. The van der Waals surface area contributed by atoms with E-state index in [9.17, 15) is 0 Å². The van der Waals surface area contributed by atoms with Gasteiger partial charge in [0.25, 0.3) is 0 Å². The maximum atomic E-state index is 6.39. The topological polar surface area (TPSA) is 31.6 Å². The molecule has 1 aromatic heterocycles. The Bertz CT molecular complexity index is 1150. The maximum Gasteiger partial charge on any atom is 0.135 e. The molecule has 0 radical (unpaired) electrons. The summed E-state index contributed by atoms with van der Waals surface area (Å²) < 4.78 is 18.7. The normalized spacial score (nSPS) is 15.1. The highest BCUT2D eigenvalue weighted by Crippen LogP contribution is 2.38. The lowest BCUT2D eigenvalue weighted by molar-refractivity contribution is 0.154. The van der Waals surface area contributed by atoms with E-state index in [2.05, 4.69) is 31.2 Å². The van der Waals surface area contributed by atoms with Crippen LogP contribution in [0.5, 0.6) is 17.2 Å². The quantitative estimate of drug-likeness (QED) is 0.360. The summed E-state index contributed by atoms with van der Waals surface area (Å²) in [4.78, 5) is 0. The van der Waals surface area contributed by atoms with Gasteiger partial charge in [0, 0.05) is 10.8 Å². The molecule has 1 aliphatic carbocycles. The van der Waals surface area contributed by atoms with Crippen molar-refractivity contribution in [1.82, 2.24) is 0 Å². The molecule has 4 aromatic rings. The average Bonchev–Trinajstić information content (AvgIpc) is 3.06. The Morgan fingerprint density at radius 3 is 2.07 bits per heavy atom. The molecule has 0 atom stereocenters. The van der Waals surface area contributed by atoms with Gasteiger partial charge >= 0.3 is 0 Å². The van der Waals surface area contributed by atoms with Crippen LogP contribution >= 0.6 is 0 Å². The van der Waals surface area contributed by atoms with Crippen LogP contribution in [0.15, 0.2) is 59.0 Å². The molecule has 0 aliphatic heterocycles. The Balaban J connectivity index is 1.56. The number of furan rings is 1. The Hall–Kier alpha value is -2.94. The lowest BCUT2D eigenvalue weighted by Crippen LogP contribution is -2.19. The van der Waals surface area contributed by atoms with Crippen LogP contribution in [0.2, 0.25) is 0 Å². The molecular weight excluding hydrogens is 360 g/mol. The predicted molar refractivity (Wildman–Crippen MR) is 117 cm³/mol. The fourth-order valence-electron chi connectivity index (χ4n) is 4.25. The van der Waals surface area contributed by atoms with Crippen molar-refractivity contribution in [2.24, 2.45) is 0 Å². The van der Waals surface area contributed by atoms with Crippen molar-refractivity contribution in [2.75, 3.05) is 0 Å². The molecule has 5 rings (SSSR count). The van der Waals surface area contributed by atoms with Gasteiger partial charge in [-0.1, -0.05) is 24.6 Å². The first-order valence-electron chi connectivity index (χ1n) is 10.5. The second-order valence-electron chi connectivity index (χ2n) is 8.12. The van der Waals surface area contributed by atoms with Gasteiger partial charge in [0.05, 0.1) is 6.10 Å². The Morgan fingerprint density at radius 2 is 1.38 bits per heavy atom. The van der Waals surface area contributed by atoms with Crippen LogP contribution in [-0.2, 0) is 0 Å². The number of para-hydroxylation sites is 1. The van der Waals surface area contributed by atoms with Gasteiger partial charge in [-0.15, -0.1) is 0 Å². The van der Waals surface area contributed by atoms with Gasteiger partial charge < -0.3 is 13.9 Å². The highest BCUT2D eigenvalue weighted by Gasteiger charge is 2.18. The second-order valence-corrected chi connectivity index (χ2v) is 8.12. The monoisotopic (exact) mass is 386 g/mol. The molecule has 0 unspecified atom stereocenters. The smallest absolute Gasteiger partial charge is 0.135 e. The molecule has 0 saturated heterocycles. The lowest BCUT2D eigenvalue weighted by atomic mass is 9.97. The van der Waals surface area contributed by atoms with E-state index in [-0.39, 0.29) is 0 Å². The van der Waals surface area contributed by atoms with E-state index in [0.717, 1.165) is 63.2 Å². The minimum absolute atomic E-state index is 0.331. The lowest BCUT2D eigenvalue weighted by Gasteiger charge is -2.23. The van der Waals surface area contributed by atoms with Crippen molar-refractivity contribution in [3.63, 3.8) is 0 Å². The van der Waals surface area contributed by atoms with E-state index >= 15 is 0 Å². The number of ether oxygens (including phenoxy) is 2. The largest absolute Gasteiger partial charge is 0.490 e. The number of fused-ring (bicyclic) bond motifs is 3. The first kappa shape index (κ1) is 18.1. The number of benzene rings is 3. The predicted octanol–water partition coefficient (Wildman–Crippen LogP) is 7.71. The third-order valence-electron chi connectivity index (χ3n) is 5.88. The fraction of sp³-hybridized carbons (Fsp3) is 0.308. The summed E-state index contributed by atoms with van der Waals surface area (Å²) in [7, 11) is 0. The van der Waals surface area contributed by atoms with Crippen molar-refractivity contribution in [3.05, 3.63) is 65.7 Å². The first-order chi connectivity index (χ1) is 14.2. The van der Waals surface area contributed by atoms with Crippen LogP contribution in [0.4, 0.5) is 0 Å². The maximum absolute atomic E-state index is 6.39. The SMILES string of the molecule is Cc1cc2oc3cc(C)c(OC4CCCCC4)cc3c2cc1Oc1ccccc1. The van der Waals surface area contributed by atoms with Gasteiger partial charge in [0.15, 0.2) is 0 Å². The summed E-state index contributed by atoms with van der Waals surface area (Å²) >= 11 is 0. The van der Waals surface area contributed by atoms with Crippen LogP contribution in [0, 0.1) is 13.8 Å².